The fourth-order valence-electron chi connectivity index (χ4n) is 4.11. The minimum absolute atomic E-state index is 0.00799. The smallest absolute Gasteiger partial charge is 0.309 e. The van der Waals surface area contributed by atoms with E-state index in [1.807, 2.05) is 13.8 Å². The molecule has 6 atom stereocenters. The van der Waals surface area contributed by atoms with Gasteiger partial charge in [0.25, 0.3) is 0 Å². The summed E-state index contributed by atoms with van der Waals surface area (Å²) in [5.41, 5.74) is 0. The van der Waals surface area contributed by atoms with Crippen LogP contribution in [0.15, 0.2) is 24.3 Å². The third-order valence-electron chi connectivity index (χ3n) is 5.80. The maximum atomic E-state index is 12.7. The van der Waals surface area contributed by atoms with E-state index in [4.69, 9.17) is 18.9 Å². The summed E-state index contributed by atoms with van der Waals surface area (Å²) in [5.74, 6) is -3.07. The van der Waals surface area contributed by atoms with Crippen molar-refractivity contribution in [2.75, 3.05) is 7.11 Å². The van der Waals surface area contributed by atoms with Gasteiger partial charge in [-0.2, -0.15) is 0 Å². The molecule has 9 heteroatoms. The molecule has 0 aromatic rings. The molecule has 0 N–H and O–H groups in total. The van der Waals surface area contributed by atoms with Gasteiger partial charge in [0.05, 0.1) is 6.42 Å². The summed E-state index contributed by atoms with van der Waals surface area (Å²) in [6.45, 7) is 8.36. The summed E-state index contributed by atoms with van der Waals surface area (Å²) < 4.78 is 22.4. The molecule has 0 fully saturated rings. The van der Waals surface area contributed by atoms with E-state index in [-0.39, 0.29) is 37.4 Å². The largest absolute Gasteiger partial charge is 0.462 e. The van der Waals surface area contributed by atoms with Crippen molar-refractivity contribution in [1.29, 1.82) is 0 Å². The summed E-state index contributed by atoms with van der Waals surface area (Å²) in [5, 5.41) is 0. The van der Waals surface area contributed by atoms with Gasteiger partial charge in [-0.15, -0.1) is 0 Å². The van der Waals surface area contributed by atoms with Crippen molar-refractivity contribution in [2.45, 2.75) is 91.1 Å². The zero-order valence-electron chi connectivity index (χ0n) is 22.1. The Hall–Kier alpha value is -2.81. The van der Waals surface area contributed by atoms with Crippen LogP contribution in [0.4, 0.5) is 0 Å². The van der Waals surface area contributed by atoms with Gasteiger partial charge in [0, 0.05) is 45.1 Å². The van der Waals surface area contributed by atoms with E-state index in [0.29, 0.717) is 12.7 Å². The normalized spacial score (nSPS) is 28.4. The number of rotatable bonds is 7. The number of cyclic esters (lactones) is 1. The summed E-state index contributed by atoms with van der Waals surface area (Å²) in [7, 11) is 1.34. The van der Waals surface area contributed by atoms with Crippen molar-refractivity contribution >= 4 is 30.0 Å². The van der Waals surface area contributed by atoms with Crippen LogP contribution in [0.1, 0.15) is 66.7 Å². The molecule has 0 aromatic heterocycles. The Kier molecular flexibility index (Phi) is 13.9. The molecule has 0 saturated heterocycles. The van der Waals surface area contributed by atoms with E-state index in [9.17, 15) is 24.0 Å². The van der Waals surface area contributed by atoms with Gasteiger partial charge in [-0.1, -0.05) is 39.0 Å². The molecule has 0 amide bonds. The maximum absolute atomic E-state index is 12.7. The van der Waals surface area contributed by atoms with Crippen molar-refractivity contribution in [3.8, 4) is 0 Å². The number of esters is 3. The fraction of sp³-hybridized carbons (Fsp3) is 0.667. The van der Waals surface area contributed by atoms with Gasteiger partial charge in [-0.25, -0.2) is 0 Å². The first-order valence-electron chi connectivity index (χ1n) is 12.4. The molecule has 6 unspecified atom stereocenters. The topological polar surface area (TPSA) is 122 Å². The summed E-state index contributed by atoms with van der Waals surface area (Å²) in [6.07, 6.45) is 3.83. The lowest BCUT2D eigenvalue weighted by atomic mass is 9.83. The number of aldehydes is 1. The quantitative estimate of drug-likeness (QED) is 0.289. The van der Waals surface area contributed by atoms with Crippen molar-refractivity contribution in [3.05, 3.63) is 24.3 Å². The molecule has 0 saturated carbocycles. The average molecular weight is 509 g/mol. The van der Waals surface area contributed by atoms with Crippen LogP contribution in [0.3, 0.4) is 0 Å². The highest BCUT2D eigenvalue weighted by Crippen LogP contribution is 2.29. The lowest BCUT2D eigenvalue weighted by molar-refractivity contribution is -0.183. The number of ketones is 1. The predicted molar refractivity (Wildman–Crippen MR) is 132 cm³/mol. The van der Waals surface area contributed by atoms with Crippen LogP contribution in [0.5, 0.6) is 0 Å². The molecule has 1 rings (SSSR count). The molecule has 202 valence electrons. The Balaban J connectivity index is 3.54. The molecule has 0 aliphatic carbocycles. The van der Waals surface area contributed by atoms with Crippen LogP contribution in [-0.4, -0.2) is 61.5 Å². The zero-order chi connectivity index (χ0) is 27.3. The van der Waals surface area contributed by atoms with Gasteiger partial charge in [0.1, 0.15) is 30.7 Å². The van der Waals surface area contributed by atoms with Gasteiger partial charge in [-0.05, 0) is 25.3 Å². The number of methoxy groups -OCH3 is 1. The first-order valence-corrected chi connectivity index (χ1v) is 12.4. The standard InChI is InChI=1S/C27H40O9/c1-17(2)14-24(31)36-26-21(12-13-28)15-18(3)22(30)11-9-7-8-10-19(4)34-25(32)16-23(27(26)33-6)35-20(5)29/h7-9,11,13,17-19,21,23,26-27H,10,12,14-16H2,1-6H3. The van der Waals surface area contributed by atoms with Crippen LogP contribution in [0.2, 0.25) is 0 Å². The Morgan fingerprint density at radius 2 is 1.83 bits per heavy atom. The fourth-order valence-corrected chi connectivity index (χ4v) is 4.11. The molecule has 9 nitrogen and oxygen atoms in total. The monoisotopic (exact) mass is 508 g/mol. The molecule has 1 aliphatic rings. The van der Waals surface area contributed by atoms with Crippen LogP contribution in [-0.2, 0) is 42.9 Å². The highest BCUT2D eigenvalue weighted by Gasteiger charge is 2.41. The Morgan fingerprint density at radius 1 is 1.14 bits per heavy atom. The third-order valence-corrected chi connectivity index (χ3v) is 5.80. The molecule has 0 spiro atoms. The molecule has 1 aliphatic heterocycles. The van der Waals surface area contributed by atoms with Crippen LogP contribution in [0.25, 0.3) is 0 Å². The summed E-state index contributed by atoms with van der Waals surface area (Å²) >= 11 is 0. The summed E-state index contributed by atoms with van der Waals surface area (Å²) in [6, 6.07) is 0. The number of carbonyl (C=O) groups excluding carboxylic acids is 5. The molecular weight excluding hydrogens is 468 g/mol. The second-order valence-corrected chi connectivity index (χ2v) is 9.63. The van der Waals surface area contributed by atoms with Crippen molar-refractivity contribution in [3.63, 3.8) is 0 Å². The molecular formula is C27H40O9. The van der Waals surface area contributed by atoms with E-state index >= 15 is 0 Å². The van der Waals surface area contributed by atoms with Crippen molar-refractivity contribution in [1.82, 2.24) is 0 Å². The molecule has 0 bridgehead atoms. The Morgan fingerprint density at radius 3 is 2.42 bits per heavy atom. The van der Waals surface area contributed by atoms with Gasteiger partial charge in [0.15, 0.2) is 5.78 Å². The van der Waals surface area contributed by atoms with Crippen LogP contribution >= 0.6 is 0 Å². The molecule has 0 radical (unpaired) electrons. The second-order valence-electron chi connectivity index (χ2n) is 9.63. The SMILES string of the molecule is COC1C(OC(C)=O)CC(=O)OC(C)CC=CC=CC(=O)C(C)CC(CC=O)C1OC(=O)CC(C)C. The third kappa shape index (κ3) is 11.3. The van der Waals surface area contributed by atoms with E-state index in [1.165, 1.54) is 20.1 Å². The highest BCUT2D eigenvalue weighted by molar-refractivity contribution is 5.91. The second kappa shape index (κ2) is 16.0. The Bertz CT molecular complexity index is 814. The number of carbonyl (C=O) groups is 5. The zero-order valence-corrected chi connectivity index (χ0v) is 22.1. The van der Waals surface area contributed by atoms with Gasteiger partial charge >= 0.3 is 17.9 Å². The molecule has 0 aromatic carbocycles. The van der Waals surface area contributed by atoms with Gasteiger partial charge in [-0.3, -0.25) is 19.2 Å². The number of allylic oxidation sites excluding steroid dienone is 3. The number of hydrogen-bond acceptors (Lipinski definition) is 9. The molecule has 1 heterocycles. The minimum atomic E-state index is -1.15. The minimum Gasteiger partial charge on any atom is -0.462 e. The van der Waals surface area contributed by atoms with E-state index in [1.54, 1.807) is 32.1 Å². The average Bonchev–Trinajstić information content (AvgIpc) is 2.76. The molecule has 36 heavy (non-hydrogen) atoms. The lowest BCUT2D eigenvalue weighted by Crippen LogP contribution is -2.49. The highest BCUT2D eigenvalue weighted by atomic mass is 16.6. The first-order chi connectivity index (χ1) is 17.0. The van der Waals surface area contributed by atoms with Gasteiger partial charge in [0.2, 0.25) is 0 Å². The van der Waals surface area contributed by atoms with Crippen LogP contribution in [0, 0.1) is 17.8 Å². The van der Waals surface area contributed by atoms with E-state index in [2.05, 4.69) is 0 Å². The van der Waals surface area contributed by atoms with E-state index in [0.717, 1.165) is 0 Å². The first kappa shape index (κ1) is 31.2. The lowest BCUT2D eigenvalue weighted by Gasteiger charge is -2.36. The van der Waals surface area contributed by atoms with Crippen LogP contribution < -0.4 is 0 Å². The Labute approximate surface area is 213 Å². The predicted octanol–water partition coefficient (Wildman–Crippen LogP) is 3.53. The maximum Gasteiger partial charge on any atom is 0.309 e. The van der Waals surface area contributed by atoms with Crippen molar-refractivity contribution < 1.29 is 42.9 Å². The van der Waals surface area contributed by atoms with Crippen molar-refractivity contribution in [2.24, 2.45) is 17.8 Å². The summed E-state index contributed by atoms with van der Waals surface area (Å²) in [4.78, 5) is 61.7. The van der Waals surface area contributed by atoms with E-state index < -0.39 is 54.2 Å². The number of ether oxygens (including phenoxy) is 4. The van der Waals surface area contributed by atoms with Gasteiger partial charge < -0.3 is 23.7 Å². The number of hydrogen-bond donors (Lipinski definition) is 0.